The van der Waals surface area contributed by atoms with Gasteiger partial charge in [-0.15, -0.1) is 0 Å². The minimum absolute atomic E-state index is 0.000704. The Morgan fingerprint density at radius 2 is 1.61 bits per heavy atom. The van der Waals surface area contributed by atoms with Crippen molar-refractivity contribution >= 4 is 27.5 Å². The highest BCUT2D eigenvalue weighted by molar-refractivity contribution is 7.88. The Labute approximate surface area is 171 Å². The van der Waals surface area contributed by atoms with Crippen LogP contribution in [0.3, 0.4) is 0 Å². The highest BCUT2D eigenvalue weighted by Gasteiger charge is 2.31. The summed E-state index contributed by atoms with van der Waals surface area (Å²) in [4.78, 5) is 12.4. The molecule has 1 N–H and O–H groups in total. The lowest BCUT2D eigenvalue weighted by Crippen LogP contribution is -2.43. The van der Waals surface area contributed by atoms with E-state index in [1.165, 1.54) is 4.31 Å². The van der Waals surface area contributed by atoms with Crippen LogP contribution >= 0.6 is 11.6 Å². The molecule has 1 aliphatic heterocycles. The van der Waals surface area contributed by atoms with Crippen LogP contribution in [0.15, 0.2) is 48.5 Å². The first-order valence-electron chi connectivity index (χ1n) is 9.39. The van der Waals surface area contributed by atoms with Gasteiger partial charge in [-0.3, -0.25) is 4.79 Å². The molecule has 0 aliphatic carbocycles. The number of hydrogen-bond donors (Lipinski definition) is 1. The number of sulfonamides is 1. The summed E-state index contributed by atoms with van der Waals surface area (Å²) in [6.07, 6.45) is 1.08. The third kappa shape index (κ3) is 5.56. The Hall–Kier alpha value is -1.89. The summed E-state index contributed by atoms with van der Waals surface area (Å²) in [5, 5.41) is 3.60. The van der Waals surface area contributed by atoms with E-state index in [1.807, 2.05) is 43.3 Å². The zero-order valence-electron chi connectivity index (χ0n) is 15.9. The smallest absolute Gasteiger partial charge is 0.223 e. The van der Waals surface area contributed by atoms with Gasteiger partial charge in [-0.05, 0) is 43.0 Å². The zero-order chi connectivity index (χ0) is 20.1. The van der Waals surface area contributed by atoms with Crippen molar-refractivity contribution in [1.82, 2.24) is 9.62 Å². The van der Waals surface area contributed by atoms with Crippen molar-refractivity contribution < 1.29 is 13.2 Å². The topological polar surface area (TPSA) is 66.5 Å². The molecule has 0 radical (unpaired) electrons. The molecule has 3 rings (SSSR count). The standard InChI is InChI=1S/C21H25ClN2O3S/c1-16-2-4-18(5-3-16)15-28(26,27)24-12-10-19(11-13-24)21(25)23-14-17-6-8-20(22)9-7-17/h2-9,19H,10-15H2,1H3,(H,23,25). The second-order valence-corrected chi connectivity index (χ2v) is 9.66. The van der Waals surface area contributed by atoms with Crippen LogP contribution in [0.1, 0.15) is 29.5 Å². The maximum Gasteiger partial charge on any atom is 0.223 e. The first-order chi connectivity index (χ1) is 13.3. The normalized spacial score (nSPS) is 16.1. The van der Waals surface area contributed by atoms with Crippen molar-refractivity contribution in [2.75, 3.05) is 13.1 Å². The molecule has 28 heavy (non-hydrogen) atoms. The molecular formula is C21H25ClN2O3S. The van der Waals surface area contributed by atoms with Crippen molar-refractivity contribution in [1.29, 1.82) is 0 Å². The number of carbonyl (C=O) groups is 1. The highest BCUT2D eigenvalue weighted by Crippen LogP contribution is 2.22. The van der Waals surface area contributed by atoms with E-state index in [0.717, 1.165) is 16.7 Å². The predicted molar refractivity (Wildman–Crippen MR) is 111 cm³/mol. The molecular weight excluding hydrogens is 396 g/mol. The second kappa shape index (κ2) is 9.07. The quantitative estimate of drug-likeness (QED) is 0.777. The molecule has 5 nitrogen and oxygen atoms in total. The Morgan fingerprint density at radius 1 is 1.04 bits per heavy atom. The molecule has 150 valence electrons. The van der Waals surface area contributed by atoms with Crippen LogP contribution in [-0.4, -0.2) is 31.7 Å². The number of nitrogens with one attached hydrogen (secondary N) is 1. The Morgan fingerprint density at radius 3 is 2.21 bits per heavy atom. The lowest BCUT2D eigenvalue weighted by molar-refractivity contribution is -0.126. The van der Waals surface area contributed by atoms with Gasteiger partial charge in [0.1, 0.15) is 0 Å². The van der Waals surface area contributed by atoms with Crippen LogP contribution in [0, 0.1) is 12.8 Å². The van der Waals surface area contributed by atoms with Gasteiger partial charge >= 0.3 is 0 Å². The monoisotopic (exact) mass is 420 g/mol. The van der Waals surface area contributed by atoms with E-state index in [2.05, 4.69) is 5.32 Å². The predicted octanol–water partition coefficient (Wildman–Crippen LogP) is 3.51. The summed E-state index contributed by atoms with van der Waals surface area (Å²) in [6.45, 7) is 3.18. The van der Waals surface area contributed by atoms with Gasteiger partial charge in [0.05, 0.1) is 5.75 Å². The summed E-state index contributed by atoms with van der Waals surface area (Å²) in [5.41, 5.74) is 2.87. The molecule has 0 saturated carbocycles. The summed E-state index contributed by atoms with van der Waals surface area (Å²) < 4.78 is 26.8. The highest BCUT2D eigenvalue weighted by atomic mass is 35.5. The van der Waals surface area contributed by atoms with E-state index in [0.29, 0.717) is 37.5 Å². The van der Waals surface area contributed by atoms with Crippen LogP contribution in [0.4, 0.5) is 0 Å². The summed E-state index contributed by atoms with van der Waals surface area (Å²) in [6, 6.07) is 14.9. The number of carbonyl (C=O) groups excluding carboxylic acids is 1. The van der Waals surface area contributed by atoms with Crippen molar-refractivity contribution in [3.8, 4) is 0 Å². The molecule has 0 atom stereocenters. The van der Waals surface area contributed by atoms with Gasteiger partial charge in [0.15, 0.2) is 0 Å². The average molecular weight is 421 g/mol. The number of halogens is 1. The van der Waals surface area contributed by atoms with E-state index >= 15 is 0 Å². The molecule has 1 aliphatic rings. The number of amides is 1. The van der Waals surface area contributed by atoms with Gasteiger partial charge in [-0.25, -0.2) is 12.7 Å². The average Bonchev–Trinajstić information content (AvgIpc) is 2.69. The van der Waals surface area contributed by atoms with Crippen molar-refractivity contribution in [3.63, 3.8) is 0 Å². The summed E-state index contributed by atoms with van der Waals surface area (Å²) in [5.74, 6) is -0.176. The van der Waals surface area contributed by atoms with Crippen LogP contribution in [0.2, 0.25) is 5.02 Å². The minimum Gasteiger partial charge on any atom is -0.352 e. The van der Waals surface area contributed by atoms with E-state index in [1.54, 1.807) is 12.1 Å². The second-order valence-electron chi connectivity index (χ2n) is 7.26. The number of hydrogen-bond acceptors (Lipinski definition) is 3. The first kappa shape index (κ1) is 20.8. The lowest BCUT2D eigenvalue weighted by Gasteiger charge is -2.30. The zero-order valence-corrected chi connectivity index (χ0v) is 17.5. The first-order valence-corrected chi connectivity index (χ1v) is 11.4. The van der Waals surface area contributed by atoms with Gasteiger partial charge in [-0.1, -0.05) is 53.6 Å². The van der Waals surface area contributed by atoms with Crippen LogP contribution in [0.5, 0.6) is 0 Å². The number of benzene rings is 2. The van der Waals surface area contributed by atoms with Crippen molar-refractivity contribution in [2.24, 2.45) is 5.92 Å². The van der Waals surface area contributed by atoms with E-state index in [9.17, 15) is 13.2 Å². The molecule has 1 heterocycles. The lowest BCUT2D eigenvalue weighted by atomic mass is 9.97. The number of aryl methyl sites for hydroxylation is 1. The third-order valence-corrected chi connectivity index (χ3v) is 7.17. The van der Waals surface area contributed by atoms with Crippen LogP contribution in [-0.2, 0) is 27.1 Å². The number of nitrogens with zero attached hydrogens (tertiary/aromatic N) is 1. The Kier molecular flexibility index (Phi) is 6.75. The van der Waals surface area contributed by atoms with E-state index in [4.69, 9.17) is 11.6 Å². The SMILES string of the molecule is Cc1ccc(CS(=O)(=O)N2CCC(C(=O)NCc3ccc(Cl)cc3)CC2)cc1. The molecule has 2 aromatic carbocycles. The molecule has 0 unspecified atom stereocenters. The van der Waals surface area contributed by atoms with Crippen LogP contribution in [0.25, 0.3) is 0 Å². The van der Waals surface area contributed by atoms with Crippen molar-refractivity contribution in [2.45, 2.75) is 32.1 Å². The van der Waals surface area contributed by atoms with Crippen molar-refractivity contribution in [3.05, 3.63) is 70.2 Å². The van der Waals surface area contributed by atoms with E-state index < -0.39 is 10.0 Å². The van der Waals surface area contributed by atoms with Gasteiger partial charge in [0, 0.05) is 30.6 Å². The molecule has 1 fully saturated rings. The molecule has 0 bridgehead atoms. The molecule has 2 aromatic rings. The maximum atomic E-state index is 12.7. The fraction of sp³-hybridized carbons (Fsp3) is 0.381. The van der Waals surface area contributed by atoms with E-state index in [-0.39, 0.29) is 17.6 Å². The summed E-state index contributed by atoms with van der Waals surface area (Å²) >= 11 is 5.86. The fourth-order valence-corrected chi connectivity index (χ4v) is 5.01. The maximum absolute atomic E-state index is 12.7. The van der Waals surface area contributed by atoms with Gasteiger partial charge in [0.25, 0.3) is 0 Å². The Balaban J connectivity index is 1.49. The molecule has 0 aromatic heterocycles. The molecule has 0 spiro atoms. The molecule has 1 amide bonds. The third-order valence-electron chi connectivity index (χ3n) is 5.07. The van der Waals surface area contributed by atoms with Gasteiger partial charge < -0.3 is 5.32 Å². The van der Waals surface area contributed by atoms with Gasteiger partial charge in [-0.2, -0.15) is 0 Å². The van der Waals surface area contributed by atoms with Gasteiger partial charge in [0.2, 0.25) is 15.9 Å². The number of piperidine rings is 1. The summed E-state index contributed by atoms with van der Waals surface area (Å²) in [7, 11) is -3.37. The fourth-order valence-electron chi connectivity index (χ4n) is 3.32. The van der Waals surface area contributed by atoms with Crippen LogP contribution < -0.4 is 5.32 Å². The Bertz CT molecular complexity index is 904. The molecule has 7 heteroatoms. The largest absolute Gasteiger partial charge is 0.352 e. The minimum atomic E-state index is -3.37. The molecule has 1 saturated heterocycles. The number of rotatable bonds is 6.